The number of carbonyl (C=O) groups is 1. The summed E-state index contributed by atoms with van der Waals surface area (Å²) >= 11 is 4.37. The first-order valence-corrected chi connectivity index (χ1v) is 6.08. The Balaban J connectivity index is 2.50. The average Bonchev–Trinajstić information content (AvgIpc) is 2.64. The van der Waals surface area contributed by atoms with Crippen LogP contribution in [0.25, 0.3) is 0 Å². The molecule has 1 saturated heterocycles. The summed E-state index contributed by atoms with van der Waals surface area (Å²) in [6, 6.07) is 0.515. The van der Waals surface area contributed by atoms with Crippen LogP contribution in [-0.2, 0) is 4.79 Å². The van der Waals surface area contributed by atoms with Gasteiger partial charge in [-0.1, -0.05) is 13.8 Å². The molecule has 1 aliphatic rings. The van der Waals surface area contributed by atoms with Gasteiger partial charge >= 0.3 is 0 Å². The van der Waals surface area contributed by atoms with Gasteiger partial charge in [-0.2, -0.15) is 12.6 Å². The summed E-state index contributed by atoms with van der Waals surface area (Å²) in [6.07, 6.45) is 1.08. The number of likely N-dealkylation sites (tertiary alicyclic amines) is 1. The van der Waals surface area contributed by atoms with Crippen LogP contribution in [-0.4, -0.2) is 54.2 Å². The van der Waals surface area contributed by atoms with Crippen LogP contribution in [0.1, 0.15) is 20.3 Å². The minimum atomic E-state index is -0.147. The molecule has 4 heteroatoms. The smallest absolute Gasteiger partial charge is 0.235 e. The first kappa shape index (κ1) is 12.8. The third-order valence-corrected chi connectivity index (χ3v) is 3.91. The van der Waals surface area contributed by atoms with E-state index in [1.54, 1.807) is 0 Å². The first-order valence-electron chi connectivity index (χ1n) is 5.56. The minimum absolute atomic E-state index is 0.147. The summed E-state index contributed by atoms with van der Waals surface area (Å²) < 4.78 is 0. The third kappa shape index (κ3) is 3.11. The van der Waals surface area contributed by atoms with Crippen LogP contribution in [0.4, 0.5) is 0 Å². The van der Waals surface area contributed by atoms with Crippen molar-refractivity contribution in [2.45, 2.75) is 31.6 Å². The van der Waals surface area contributed by atoms with Crippen LogP contribution in [0.3, 0.4) is 0 Å². The molecular weight excluding hydrogens is 208 g/mol. The van der Waals surface area contributed by atoms with E-state index in [1.165, 1.54) is 0 Å². The lowest BCUT2D eigenvalue weighted by Gasteiger charge is -2.24. The molecule has 2 unspecified atom stereocenters. The molecular formula is C11H22N2OS. The lowest BCUT2D eigenvalue weighted by molar-refractivity contribution is -0.130. The molecule has 1 heterocycles. The van der Waals surface area contributed by atoms with Gasteiger partial charge in [0.05, 0.1) is 5.25 Å². The van der Waals surface area contributed by atoms with E-state index in [2.05, 4.69) is 31.6 Å². The molecule has 88 valence electrons. The SMILES string of the molecule is CC(C)C(S)C(=O)N1CCC(N(C)C)C1. The topological polar surface area (TPSA) is 23.6 Å². The molecule has 1 amide bonds. The van der Waals surface area contributed by atoms with Gasteiger partial charge in [0.2, 0.25) is 5.91 Å². The summed E-state index contributed by atoms with van der Waals surface area (Å²) in [5.74, 6) is 0.497. The fourth-order valence-corrected chi connectivity index (χ4v) is 2.00. The van der Waals surface area contributed by atoms with Gasteiger partial charge in [-0.15, -0.1) is 0 Å². The second kappa shape index (κ2) is 5.21. The summed E-state index contributed by atoms with van der Waals surface area (Å²) in [7, 11) is 4.14. The van der Waals surface area contributed by atoms with Gasteiger partial charge in [0.15, 0.2) is 0 Å². The zero-order chi connectivity index (χ0) is 11.6. The predicted molar refractivity (Wildman–Crippen MR) is 66.3 cm³/mol. The lowest BCUT2D eigenvalue weighted by atomic mass is 10.1. The maximum Gasteiger partial charge on any atom is 0.235 e. The van der Waals surface area contributed by atoms with Gasteiger partial charge in [-0.25, -0.2) is 0 Å². The fourth-order valence-electron chi connectivity index (χ4n) is 1.84. The van der Waals surface area contributed by atoms with E-state index in [-0.39, 0.29) is 11.2 Å². The second-order valence-corrected chi connectivity index (χ2v) is 5.44. The van der Waals surface area contributed by atoms with Gasteiger partial charge in [0, 0.05) is 19.1 Å². The molecule has 15 heavy (non-hydrogen) atoms. The van der Waals surface area contributed by atoms with E-state index in [1.807, 2.05) is 18.7 Å². The number of nitrogens with zero attached hydrogens (tertiary/aromatic N) is 2. The normalized spacial score (nSPS) is 23.9. The predicted octanol–water partition coefficient (Wildman–Crippen LogP) is 1.10. The number of amides is 1. The van der Waals surface area contributed by atoms with Crippen molar-refractivity contribution >= 4 is 18.5 Å². The molecule has 1 rings (SSSR count). The van der Waals surface area contributed by atoms with Crippen LogP contribution >= 0.6 is 12.6 Å². The quantitative estimate of drug-likeness (QED) is 0.734. The molecule has 2 atom stereocenters. The Kier molecular flexibility index (Phi) is 4.46. The maximum atomic E-state index is 12.0. The summed E-state index contributed by atoms with van der Waals surface area (Å²) in [6.45, 7) is 5.81. The Labute approximate surface area is 98.2 Å². The zero-order valence-corrected chi connectivity index (χ0v) is 11.0. The van der Waals surface area contributed by atoms with Crippen molar-refractivity contribution in [3.63, 3.8) is 0 Å². The standard InChI is InChI=1S/C11H22N2OS/c1-8(2)10(15)11(14)13-6-5-9(7-13)12(3)4/h8-10,15H,5-7H2,1-4H3. The Hall–Kier alpha value is -0.220. The summed E-state index contributed by atoms with van der Waals surface area (Å²) in [4.78, 5) is 16.1. The zero-order valence-electron chi connectivity index (χ0n) is 10.1. The highest BCUT2D eigenvalue weighted by atomic mass is 32.1. The molecule has 0 spiro atoms. The Bertz CT molecular complexity index is 231. The third-order valence-electron chi connectivity index (χ3n) is 3.09. The largest absolute Gasteiger partial charge is 0.340 e. The van der Waals surface area contributed by atoms with Crippen molar-refractivity contribution in [1.29, 1.82) is 0 Å². The molecule has 0 aliphatic carbocycles. The Morgan fingerprint density at radius 3 is 2.47 bits per heavy atom. The number of hydrogen-bond acceptors (Lipinski definition) is 3. The fraction of sp³-hybridized carbons (Fsp3) is 0.909. The molecule has 0 aromatic heterocycles. The molecule has 0 aromatic rings. The van der Waals surface area contributed by atoms with Crippen LogP contribution in [0, 0.1) is 5.92 Å². The van der Waals surface area contributed by atoms with Crippen molar-refractivity contribution in [3.8, 4) is 0 Å². The maximum absolute atomic E-state index is 12.0. The molecule has 0 N–H and O–H groups in total. The molecule has 0 saturated carbocycles. The number of rotatable bonds is 3. The van der Waals surface area contributed by atoms with E-state index in [4.69, 9.17) is 0 Å². The molecule has 1 aliphatic heterocycles. The molecule has 1 fully saturated rings. The second-order valence-electron chi connectivity index (χ2n) is 4.88. The number of carbonyl (C=O) groups excluding carboxylic acids is 1. The van der Waals surface area contributed by atoms with Gasteiger partial charge < -0.3 is 9.80 Å². The van der Waals surface area contributed by atoms with Gasteiger partial charge in [0.1, 0.15) is 0 Å². The summed E-state index contributed by atoms with van der Waals surface area (Å²) in [5, 5.41) is -0.147. The summed E-state index contributed by atoms with van der Waals surface area (Å²) in [5.41, 5.74) is 0. The minimum Gasteiger partial charge on any atom is -0.340 e. The van der Waals surface area contributed by atoms with E-state index in [0.29, 0.717) is 12.0 Å². The Morgan fingerprint density at radius 1 is 1.47 bits per heavy atom. The van der Waals surface area contributed by atoms with Crippen molar-refractivity contribution in [2.24, 2.45) is 5.92 Å². The van der Waals surface area contributed by atoms with Crippen molar-refractivity contribution in [3.05, 3.63) is 0 Å². The average molecular weight is 230 g/mol. The highest BCUT2D eigenvalue weighted by molar-refractivity contribution is 7.81. The van der Waals surface area contributed by atoms with E-state index >= 15 is 0 Å². The van der Waals surface area contributed by atoms with Crippen LogP contribution in [0.2, 0.25) is 0 Å². The van der Waals surface area contributed by atoms with Crippen LogP contribution in [0.5, 0.6) is 0 Å². The highest BCUT2D eigenvalue weighted by Crippen LogP contribution is 2.18. The number of thiol groups is 1. The molecule has 0 aromatic carbocycles. The van der Waals surface area contributed by atoms with Gasteiger partial charge in [0.25, 0.3) is 0 Å². The van der Waals surface area contributed by atoms with Crippen molar-refractivity contribution in [2.75, 3.05) is 27.2 Å². The number of hydrogen-bond donors (Lipinski definition) is 1. The van der Waals surface area contributed by atoms with E-state index in [0.717, 1.165) is 19.5 Å². The van der Waals surface area contributed by atoms with Crippen LogP contribution < -0.4 is 0 Å². The monoisotopic (exact) mass is 230 g/mol. The molecule has 3 nitrogen and oxygen atoms in total. The molecule has 0 bridgehead atoms. The van der Waals surface area contributed by atoms with E-state index in [9.17, 15) is 4.79 Å². The van der Waals surface area contributed by atoms with E-state index < -0.39 is 0 Å². The Morgan fingerprint density at radius 2 is 2.07 bits per heavy atom. The highest BCUT2D eigenvalue weighted by Gasteiger charge is 2.31. The van der Waals surface area contributed by atoms with Gasteiger partial charge in [-0.05, 0) is 26.4 Å². The van der Waals surface area contributed by atoms with Crippen LogP contribution in [0.15, 0.2) is 0 Å². The lowest BCUT2D eigenvalue weighted by Crippen LogP contribution is -2.39. The van der Waals surface area contributed by atoms with Crippen molar-refractivity contribution < 1.29 is 4.79 Å². The van der Waals surface area contributed by atoms with Gasteiger partial charge in [-0.3, -0.25) is 4.79 Å². The first-order chi connectivity index (χ1) is 6.93. The molecule has 0 radical (unpaired) electrons. The number of likely N-dealkylation sites (N-methyl/N-ethyl adjacent to an activating group) is 1. The van der Waals surface area contributed by atoms with Crippen molar-refractivity contribution in [1.82, 2.24) is 9.80 Å².